The molecular weight excluding hydrogens is 176 g/mol. The van der Waals surface area contributed by atoms with E-state index in [1.165, 1.54) is 25.0 Å². The Morgan fingerprint density at radius 1 is 1.54 bits per heavy atom. The van der Waals surface area contributed by atoms with Gasteiger partial charge in [-0.1, -0.05) is 5.70 Å². The van der Waals surface area contributed by atoms with E-state index in [4.69, 9.17) is 4.43 Å². The van der Waals surface area contributed by atoms with E-state index in [9.17, 15) is 0 Å². The van der Waals surface area contributed by atoms with Crippen molar-refractivity contribution in [3.05, 3.63) is 24.1 Å². The Morgan fingerprint density at radius 3 is 2.77 bits per heavy atom. The van der Waals surface area contributed by atoms with Crippen molar-refractivity contribution in [2.24, 2.45) is 11.8 Å². The van der Waals surface area contributed by atoms with E-state index in [2.05, 4.69) is 25.7 Å². The van der Waals surface area contributed by atoms with Crippen LogP contribution in [-0.2, 0) is 4.43 Å². The van der Waals surface area contributed by atoms with Gasteiger partial charge in [0.2, 0.25) is 0 Å². The maximum atomic E-state index is 6.06. The molecule has 13 heavy (non-hydrogen) atoms. The second-order valence-electron chi connectivity index (χ2n) is 4.75. The van der Waals surface area contributed by atoms with Crippen LogP contribution in [0.15, 0.2) is 24.1 Å². The third kappa shape index (κ3) is 1.73. The molecule has 2 aliphatic carbocycles. The van der Waals surface area contributed by atoms with Crippen molar-refractivity contribution in [1.29, 1.82) is 0 Å². The van der Waals surface area contributed by atoms with Crippen LogP contribution in [0.5, 0.6) is 0 Å². The Labute approximate surface area is 81.6 Å². The van der Waals surface area contributed by atoms with Gasteiger partial charge >= 0.3 is 0 Å². The molecule has 0 aliphatic heterocycles. The fourth-order valence-corrected chi connectivity index (χ4v) is 3.18. The standard InChI is InChI=1S/C11H18OSi/c1-4-13(2,3)12-11-8-9-5-6-10(11)7-9/h4,8-10H,1,5-7H2,2-3H3. The molecule has 0 amide bonds. The van der Waals surface area contributed by atoms with E-state index in [0.717, 1.165) is 11.8 Å². The SMILES string of the molecule is C=C[Si](C)(C)OC1=CC2CCC1C2. The first kappa shape index (κ1) is 9.07. The van der Waals surface area contributed by atoms with Crippen LogP contribution in [0.2, 0.25) is 13.1 Å². The molecule has 0 heterocycles. The molecule has 0 spiro atoms. The molecule has 0 aromatic carbocycles. The smallest absolute Gasteiger partial charge is 0.268 e. The summed E-state index contributed by atoms with van der Waals surface area (Å²) in [4.78, 5) is 0. The van der Waals surface area contributed by atoms with Gasteiger partial charge in [-0.25, -0.2) is 0 Å². The monoisotopic (exact) mass is 194 g/mol. The first-order valence-corrected chi connectivity index (χ1v) is 8.13. The van der Waals surface area contributed by atoms with Gasteiger partial charge in [0.15, 0.2) is 0 Å². The molecule has 2 aliphatic rings. The van der Waals surface area contributed by atoms with Crippen molar-refractivity contribution >= 4 is 8.32 Å². The molecule has 1 nitrogen and oxygen atoms in total. The number of hydrogen-bond donors (Lipinski definition) is 0. The summed E-state index contributed by atoms with van der Waals surface area (Å²) >= 11 is 0. The zero-order valence-electron chi connectivity index (χ0n) is 8.55. The lowest BCUT2D eigenvalue weighted by atomic mass is 10.1. The minimum atomic E-state index is -1.58. The van der Waals surface area contributed by atoms with E-state index in [1.807, 2.05) is 5.70 Å². The molecule has 0 aromatic rings. The number of rotatable bonds is 3. The van der Waals surface area contributed by atoms with Crippen LogP contribution in [0, 0.1) is 11.8 Å². The fourth-order valence-electron chi connectivity index (χ4n) is 2.26. The van der Waals surface area contributed by atoms with Gasteiger partial charge in [-0.2, -0.15) is 0 Å². The van der Waals surface area contributed by atoms with Crippen LogP contribution in [0.4, 0.5) is 0 Å². The highest BCUT2D eigenvalue weighted by Crippen LogP contribution is 2.44. The van der Waals surface area contributed by atoms with E-state index in [0.29, 0.717) is 0 Å². The lowest BCUT2D eigenvalue weighted by Gasteiger charge is -2.25. The van der Waals surface area contributed by atoms with Crippen LogP contribution in [0.25, 0.3) is 0 Å². The topological polar surface area (TPSA) is 9.23 Å². The third-order valence-corrected chi connectivity index (χ3v) is 4.89. The second kappa shape index (κ2) is 3.02. The Morgan fingerprint density at radius 2 is 2.31 bits per heavy atom. The highest BCUT2D eigenvalue weighted by Gasteiger charge is 2.36. The van der Waals surface area contributed by atoms with Gasteiger partial charge in [-0.05, 0) is 44.4 Å². The van der Waals surface area contributed by atoms with Gasteiger partial charge < -0.3 is 4.43 Å². The molecule has 2 heteroatoms. The molecular formula is C11H18OSi. The maximum Gasteiger partial charge on any atom is 0.268 e. The molecule has 1 fully saturated rings. The van der Waals surface area contributed by atoms with Crippen molar-refractivity contribution < 1.29 is 4.43 Å². The van der Waals surface area contributed by atoms with Crippen LogP contribution >= 0.6 is 0 Å². The molecule has 72 valence electrons. The fraction of sp³-hybridized carbons (Fsp3) is 0.636. The van der Waals surface area contributed by atoms with Crippen LogP contribution in [-0.4, -0.2) is 8.32 Å². The molecule has 0 radical (unpaired) electrons. The van der Waals surface area contributed by atoms with Crippen molar-refractivity contribution in [2.45, 2.75) is 32.4 Å². The van der Waals surface area contributed by atoms with Crippen molar-refractivity contribution in [1.82, 2.24) is 0 Å². The van der Waals surface area contributed by atoms with Gasteiger partial charge in [0.1, 0.15) is 0 Å². The zero-order valence-corrected chi connectivity index (χ0v) is 9.55. The quantitative estimate of drug-likeness (QED) is 0.627. The highest BCUT2D eigenvalue weighted by atomic mass is 28.4. The van der Waals surface area contributed by atoms with Crippen LogP contribution in [0.1, 0.15) is 19.3 Å². The molecule has 0 saturated heterocycles. The summed E-state index contributed by atoms with van der Waals surface area (Å²) < 4.78 is 6.06. The van der Waals surface area contributed by atoms with Crippen LogP contribution in [0.3, 0.4) is 0 Å². The second-order valence-corrected chi connectivity index (χ2v) is 8.57. The summed E-state index contributed by atoms with van der Waals surface area (Å²) in [7, 11) is -1.58. The number of allylic oxidation sites excluding steroid dienone is 2. The normalized spacial score (nSPS) is 31.7. The predicted molar refractivity (Wildman–Crippen MR) is 57.7 cm³/mol. The first-order valence-electron chi connectivity index (χ1n) is 5.15. The third-order valence-electron chi connectivity index (χ3n) is 3.15. The van der Waals surface area contributed by atoms with Crippen molar-refractivity contribution in [3.8, 4) is 0 Å². The van der Waals surface area contributed by atoms with E-state index < -0.39 is 8.32 Å². The summed E-state index contributed by atoms with van der Waals surface area (Å²) in [6.07, 6.45) is 6.43. The van der Waals surface area contributed by atoms with Gasteiger partial charge in [0.25, 0.3) is 8.32 Å². The van der Waals surface area contributed by atoms with Crippen molar-refractivity contribution in [2.75, 3.05) is 0 Å². The molecule has 1 saturated carbocycles. The zero-order chi connectivity index (χ0) is 9.47. The first-order chi connectivity index (χ1) is 6.11. The van der Waals surface area contributed by atoms with E-state index >= 15 is 0 Å². The molecule has 0 N–H and O–H groups in total. The Kier molecular flexibility index (Phi) is 2.10. The molecule has 2 atom stereocenters. The van der Waals surface area contributed by atoms with Gasteiger partial charge in [0, 0.05) is 5.92 Å². The van der Waals surface area contributed by atoms with E-state index in [-0.39, 0.29) is 0 Å². The molecule has 2 bridgehead atoms. The van der Waals surface area contributed by atoms with Crippen molar-refractivity contribution in [3.63, 3.8) is 0 Å². The summed E-state index contributed by atoms with van der Waals surface area (Å²) in [5, 5.41) is 0. The lowest BCUT2D eigenvalue weighted by Crippen LogP contribution is -2.28. The average Bonchev–Trinajstić information content (AvgIpc) is 2.64. The largest absolute Gasteiger partial charge is 0.543 e. The number of fused-ring (bicyclic) bond motifs is 2. The van der Waals surface area contributed by atoms with Gasteiger partial charge in [0.05, 0.1) is 5.76 Å². The summed E-state index contributed by atoms with van der Waals surface area (Å²) in [6, 6.07) is 0. The highest BCUT2D eigenvalue weighted by molar-refractivity contribution is 6.76. The predicted octanol–water partition coefficient (Wildman–Crippen LogP) is 3.25. The number of hydrogen-bond acceptors (Lipinski definition) is 1. The Balaban J connectivity index is 2.04. The lowest BCUT2D eigenvalue weighted by molar-refractivity contribution is 0.354. The Hall–Kier alpha value is -0.503. The Bertz CT molecular complexity index is 255. The molecule has 2 rings (SSSR count). The van der Waals surface area contributed by atoms with Gasteiger partial charge in [-0.3, -0.25) is 0 Å². The minimum absolute atomic E-state index is 0.747. The van der Waals surface area contributed by atoms with Gasteiger partial charge in [-0.15, -0.1) is 6.58 Å². The summed E-state index contributed by atoms with van der Waals surface area (Å²) in [5.74, 6) is 2.86. The summed E-state index contributed by atoms with van der Waals surface area (Å²) in [6.45, 7) is 8.25. The maximum absolute atomic E-state index is 6.06. The molecule has 0 aromatic heterocycles. The minimum Gasteiger partial charge on any atom is -0.543 e. The summed E-state index contributed by atoms with van der Waals surface area (Å²) in [5.41, 5.74) is 2.01. The van der Waals surface area contributed by atoms with Crippen LogP contribution < -0.4 is 0 Å². The average molecular weight is 194 g/mol. The molecule has 2 unspecified atom stereocenters. The van der Waals surface area contributed by atoms with E-state index in [1.54, 1.807) is 0 Å².